The Balaban J connectivity index is 1.54. The quantitative estimate of drug-likeness (QED) is 0.354. The number of anilines is 1. The van der Waals surface area contributed by atoms with Gasteiger partial charge in [0.15, 0.2) is 5.78 Å². The Morgan fingerprint density at radius 3 is 2.28 bits per heavy atom. The number of methoxy groups -OCH3 is 1. The second-order valence-corrected chi connectivity index (χ2v) is 10.9. The Labute approximate surface area is 210 Å². The monoisotopic (exact) mass is 505 g/mol. The Morgan fingerprint density at radius 2 is 1.64 bits per heavy atom. The highest BCUT2D eigenvalue weighted by Crippen LogP contribution is 2.28. The van der Waals surface area contributed by atoms with E-state index in [9.17, 15) is 13.2 Å². The summed E-state index contributed by atoms with van der Waals surface area (Å²) in [6.07, 6.45) is 0. The molecule has 36 heavy (non-hydrogen) atoms. The van der Waals surface area contributed by atoms with Crippen LogP contribution in [0.3, 0.4) is 0 Å². The summed E-state index contributed by atoms with van der Waals surface area (Å²) in [5, 5.41) is 12.3. The standard InChI is InChI=1S/C26H27N5O4S/c1-26(2,3)19-11-15-21(16-12-19)36(33,34)29-23-8-6-5-7-22(23)25-27-30-31(28-25)17-24(32)18-9-13-20(35-4)14-10-18/h5-16,29H,17H2,1-4H3. The minimum absolute atomic E-state index is 0.0887. The van der Waals surface area contributed by atoms with Crippen LogP contribution >= 0.6 is 0 Å². The van der Waals surface area contributed by atoms with Crippen LogP contribution in [0.5, 0.6) is 5.75 Å². The van der Waals surface area contributed by atoms with Crippen molar-refractivity contribution in [3.8, 4) is 17.1 Å². The lowest BCUT2D eigenvalue weighted by atomic mass is 9.87. The maximum atomic E-state index is 13.1. The highest BCUT2D eigenvalue weighted by Gasteiger charge is 2.20. The zero-order valence-corrected chi connectivity index (χ0v) is 21.3. The van der Waals surface area contributed by atoms with Gasteiger partial charge in [-0.25, -0.2) is 8.42 Å². The zero-order chi connectivity index (χ0) is 25.9. The highest BCUT2D eigenvalue weighted by molar-refractivity contribution is 7.92. The smallest absolute Gasteiger partial charge is 0.261 e. The number of carbonyl (C=O) groups is 1. The third kappa shape index (κ3) is 5.60. The number of nitrogens with zero attached hydrogens (tertiary/aromatic N) is 4. The zero-order valence-electron chi connectivity index (χ0n) is 20.5. The molecule has 186 valence electrons. The number of carbonyl (C=O) groups excluding carboxylic acids is 1. The number of Topliss-reactive ketones (excluding diaryl/α,β-unsaturated/α-hetero) is 1. The number of rotatable bonds is 8. The predicted molar refractivity (Wildman–Crippen MR) is 137 cm³/mol. The van der Waals surface area contributed by atoms with E-state index in [-0.39, 0.29) is 28.5 Å². The van der Waals surface area contributed by atoms with Crippen molar-refractivity contribution in [1.29, 1.82) is 0 Å². The minimum atomic E-state index is -3.86. The van der Waals surface area contributed by atoms with Gasteiger partial charge in [-0.05, 0) is 64.7 Å². The van der Waals surface area contributed by atoms with Crippen LogP contribution in [-0.4, -0.2) is 41.5 Å². The van der Waals surface area contributed by atoms with Gasteiger partial charge in [-0.2, -0.15) is 4.80 Å². The van der Waals surface area contributed by atoms with Crippen molar-refractivity contribution in [1.82, 2.24) is 20.2 Å². The largest absolute Gasteiger partial charge is 0.497 e. The summed E-state index contributed by atoms with van der Waals surface area (Å²) in [6.45, 7) is 6.08. The number of sulfonamides is 1. The number of benzene rings is 3. The van der Waals surface area contributed by atoms with Gasteiger partial charge in [0, 0.05) is 11.1 Å². The second-order valence-electron chi connectivity index (χ2n) is 9.22. The van der Waals surface area contributed by atoms with Gasteiger partial charge in [0.05, 0.1) is 17.7 Å². The number of tetrazole rings is 1. The molecule has 1 N–H and O–H groups in total. The Hall–Kier alpha value is -4.05. The molecule has 0 aliphatic carbocycles. The molecule has 3 aromatic carbocycles. The topological polar surface area (TPSA) is 116 Å². The Bertz CT molecular complexity index is 1470. The van der Waals surface area contributed by atoms with E-state index >= 15 is 0 Å². The van der Waals surface area contributed by atoms with Crippen molar-refractivity contribution in [2.45, 2.75) is 37.6 Å². The molecule has 0 radical (unpaired) electrons. The SMILES string of the molecule is COc1ccc(C(=O)Cn2nnc(-c3ccccc3NS(=O)(=O)c3ccc(C(C)(C)C)cc3)n2)cc1. The maximum Gasteiger partial charge on any atom is 0.261 e. The molecule has 1 aromatic heterocycles. The fourth-order valence-corrected chi connectivity index (χ4v) is 4.60. The van der Waals surface area contributed by atoms with E-state index < -0.39 is 10.0 Å². The number of para-hydroxylation sites is 1. The minimum Gasteiger partial charge on any atom is -0.497 e. The van der Waals surface area contributed by atoms with Crippen LogP contribution in [0.15, 0.2) is 77.7 Å². The van der Waals surface area contributed by atoms with Crippen LogP contribution in [0, 0.1) is 0 Å². The summed E-state index contributed by atoms with van der Waals surface area (Å²) in [4.78, 5) is 13.9. The van der Waals surface area contributed by atoms with Crippen LogP contribution in [0.25, 0.3) is 11.4 Å². The molecule has 0 aliphatic rings. The van der Waals surface area contributed by atoms with Crippen LogP contribution in [0.4, 0.5) is 5.69 Å². The molecule has 0 unspecified atom stereocenters. The van der Waals surface area contributed by atoms with Gasteiger partial charge in [0.2, 0.25) is 5.82 Å². The van der Waals surface area contributed by atoms with Crippen molar-refractivity contribution in [3.05, 3.63) is 83.9 Å². The number of hydrogen-bond acceptors (Lipinski definition) is 7. The van der Waals surface area contributed by atoms with Crippen LogP contribution < -0.4 is 9.46 Å². The lowest BCUT2D eigenvalue weighted by molar-refractivity contribution is 0.0961. The summed E-state index contributed by atoms with van der Waals surface area (Å²) in [5.41, 5.74) is 2.18. The Morgan fingerprint density at radius 1 is 0.972 bits per heavy atom. The number of ether oxygens (including phenoxy) is 1. The van der Waals surface area contributed by atoms with E-state index in [0.29, 0.717) is 22.6 Å². The van der Waals surface area contributed by atoms with E-state index in [1.165, 1.54) is 4.80 Å². The van der Waals surface area contributed by atoms with Gasteiger partial charge in [-0.1, -0.05) is 45.0 Å². The van der Waals surface area contributed by atoms with E-state index in [0.717, 1.165) is 5.56 Å². The molecule has 4 aromatic rings. The summed E-state index contributed by atoms with van der Waals surface area (Å²) in [6, 6.07) is 20.3. The first-order valence-corrected chi connectivity index (χ1v) is 12.7. The molecule has 0 spiro atoms. The first kappa shape index (κ1) is 25.1. The average Bonchev–Trinajstić information content (AvgIpc) is 3.32. The number of aromatic nitrogens is 4. The van der Waals surface area contributed by atoms with Crippen molar-refractivity contribution in [3.63, 3.8) is 0 Å². The summed E-state index contributed by atoms with van der Waals surface area (Å²) in [7, 11) is -2.30. The fraction of sp³-hybridized carbons (Fsp3) is 0.231. The van der Waals surface area contributed by atoms with Gasteiger partial charge in [0.1, 0.15) is 12.3 Å². The number of nitrogens with one attached hydrogen (secondary N) is 1. The third-order valence-electron chi connectivity index (χ3n) is 5.59. The maximum absolute atomic E-state index is 13.1. The fourth-order valence-electron chi connectivity index (χ4n) is 3.52. The normalized spacial score (nSPS) is 11.8. The highest BCUT2D eigenvalue weighted by atomic mass is 32.2. The van der Waals surface area contributed by atoms with Crippen molar-refractivity contribution in [2.75, 3.05) is 11.8 Å². The van der Waals surface area contributed by atoms with E-state index in [1.54, 1.807) is 67.8 Å². The van der Waals surface area contributed by atoms with Gasteiger partial charge in [-0.15, -0.1) is 10.2 Å². The lowest BCUT2D eigenvalue weighted by Gasteiger charge is -2.19. The molecular formula is C26H27N5O4S. The van der Waals surface area contributed by atoms with Crippen molar-refractivity contribution < 1.29 is 17.9 Å². The van der Waals surface area contributed by atoms with E-state index in [1.807, 2.05) is 12.1 Å². The Kier molecular flexibility index (Phi) is 6.89. The molecule has 0 bridgehead atoms. The number of hydrogen-bond donors (Lipinski definition) is 1. The first-order valence-electron chi connectivity index (χ1n) is 11.2. The van der Waals surface area contributed by atoms with Crippen molar-refractivity contribution >= 4 is 21.5 Å². The predicted octanol–water partition coefficient (Wildman–Crippen LogP) is 4.33. The van der Waals surface area contributed by atoms with Gasteiger partial charge in [0.25, 0.3) is 10.0 Å². The van der Waals surface area contributed by atoms with Crippen LogP contribution in [0.1, 0.15) is 36.7 Å². The van der Waals surface area contributed by atoms with Gasteiger partial charge < -0.3 is 4.74 Å². The van der Waals surface area contributed by atoms with Crippen molar-refractivity contribution in [2.24, 2.45) is 0 Å². The molecule has 0 saturated carbocycles. The van der Waals surface area contributed by atoms with Gasteiger partial charge in [-0.3, -0.25) is 9.52 Å². The molecular weight excluding hydrogens is 478 g/mol. The summed E-state index contributed by atoms with van der Waals surface area (Å²) in [5.74, 6) is 0.644. The lowest BCUT2D eigenvalue weighted by Crippen LogP contribution is -2.15. The second kappa shape index (κ2) is 9.90. The third-order valence-corrected chi connectivity index (χ3v) is 6.97. The van der Waals surface area contributed by atoms with Crippen LogP contribution in [0.2, 0.25) is 0 Å². The molecule has 4 rings (SSSR count). The summed E-state index contributed by atoms with van der Waals surface area (Å²) < 4.78 is 33.9. The molecule has 0 saturated heterocycles. The van der Waals surface area contributed by atoms with Gasteiger partial charge >= 0.3 is 0 Å². The molecule has 9 nitrogen and oxygen atoms in total. The molecule has 0 fully saturated rings. The first-order chi connectivity index (χ1) is 17.1. The number of ketones is 1. The molecule has 0 atom stereocenters. The molecule has 0 aliphatic heterocycles. The summed E-state index contributed by atoms with van der Waals surface area (Å²) >= 11 is 0. The van der Waals surface area contributed by atoms with Crippen LogP contribution in [-0.2, 0) is 22.0 Å². The average molecular weight is 506 g/mol. The van der Waals surface area contributed by atoms with E-state index in [4.69, 9.17) is 4.74 Å². The molecule has 1 heterocycles. The molecule has 10 heteroatoms. The van der Waals surface area contributed by atoms with E-state index in [2.05, 4.69) is 40.9 Å². The molecule has 0 amide bonds.